The third kappa shape index (κ3) is 3.27. The molecule has 208 valence electrons. The van der Waals surface area contributed by atoms with Crippen LogP contribution in [-0.2, 0) is 23.7 Å². The molecular formula is C32H50O5. The van der Waals surface area contributed by atoms with Crippen LogP contribution < -0.4 is 0 Å². The fourth-order valence-electron chi connectivity index (χ4n) is 10.8. The van der Waals surface area contributed by atoms with E-state index in [-0.39, 0.29) is 45.6 Å². The SMILES string of the molecule is CO[C@@H]1O[C@@](OC)([C@H]2OC2(C)C)C[C@H]1[C@@H]1CC[C@]2(C)C3=CC[C@H]4C(C)(C)C(=O)CC[C@]4(C)[C@H]3CC[C@@]12C. The molecule has 0 amide bonds. The van der Waals surface area contributed by atoms with E-state index in [9.17, 15) is 4.79 Å². The lowest BCUT2D eigenvalue weighted by molar-refractivity contribution is -0.268. The molecule has 10 atom stereocenters. The Morgan fingerprint density at radius 3 is 2.27 bits per heavy atom. The van der Waals surface area contributed by atoms with Crippen LogP contribution >= 0.6 is 0 Å². The quantitative estimate of drug-likeness (QED) is 0.309. The second kappa shape index (κ2) is 7.92. The van der Waals surface area contributed by atoms with Gasteiger partial charge in [0.15, 0.2) is 6.29 Å². The molecule has 0 N–H and O–H groups in total. The number of fused-ring (bicyclic) bond motifs is 5. The van der Waals surface area contributed by atoms with Gasteiger partial charge in [-0.3, -0.25) is 4.79 Å². The van der Waals surface area contributed by atoms with Gasteiger partial charge in [-0.05, 0) is 86.4 Å². The molecule has 0 radical (unpaired) electrons. The first-order valence-corrected chi connectivity index (χ1v) is 14.9. The standard InChI is InChI=1S/C32H50O5/c1-27(2)23-11-10-22-21(29(23,5)15-14-24(27)33)13-17-30(6)20(12-16-31(22,30)7)19-18-32(35-9,36-25(19)34-8)26-28(3,4)37-26/h10,19-21,23,25-26H,11-18H2,1-9H3/t19-,20-,21-,23-,25+,26-,29+,30-,31+,32+/m0/s1. The number of carbonyl (C=O) groups is 1. The summed E-state index contributed by atoms with van der Waals surface area (Å²) in [6.07, 6.45) is 10.8. The highest BCUT2D eigenvalue weighted by atomic mass is 16.8. The Labute approximate surface area is 224 Å². The van der Waals surface area contributed by atoms with Crippen molar-refractivity contribution in [2.45, 2.75) is 124 Å². The summed E-state index contributed by atoms with van der Waals surface area (Å²) in [5.41, 5.74) is 1.85. The molecule has 2 heterocycles. The summed E-state index contributed by atoms with van der Waals surface area (Å²) in [5.74, 6) is 1.57. The van der Waals surface area contributed by atoms with E-state index >= 15 is 0 Å². The van der Waals surface area contributed by atoms with Crippen LogP contribution in [0.4, 0.5) is 0 Å². The van der Waals surface area contributed by atoms with Gasteiger partial charge in [0.2, 0.25) is 5.79 Å². The summed E-state index contributed by atoms with van der Waals surface area (Å²) in [6.45, 7) is 16.3. The van der Waals surface area contributed by atoms with Gasteiger partial charge >= 0.3 is 0 Å². The van der Waals surface area contributed by atoms with E-state index in [1.54, 1.807) is 19.8 Å². The van der Waals surface area contributed by atoms with Crippen molar-refractivity contribution in [3.05, 3.63) is 11.6 Å². The molecule has 0 spiro atoms. The molecule has 0 aromatic rings. The first kappa shape index (κ1) is 26.5. The maximum atomic E-state index is 12.9. The third-order valence-corrected chi connectivity index (χ3v) is 13.3. The van der Waals surface area contributed by atoms with Crippen LogP contribution in [0.15, 0.2) is 11.6 Å². The minimum atomic E-state index is -0.730. The first-order chi connectivity index (χ1) is 17.2. The topological polar surface area (TPSA) is 57.3 Å². The summed E-state index contributed by atoms with van der Waals surface area (Å²) in [6, 6.07) is 0. The molecule has 3 saturated carbocycles. The van der Waals surface area contributed by atoms with Gasteiger partial charge < -0.3 is 18.9 Å². The number of carbonyl (C=O) groups excluding carboxylic acids is 1. The van der Waals surface area contributed by atoms with Gasteiger partial charge in [0.1, 0.15) is 11.9 Å². The van der Waals surface area contributed by atoms with Crippen molar-refractivity contribution in [1.29, 1.82) is 0 Å². The maximum Gasteiger partial charge on any atom is 0.200 e. The average Bonchev–Trinajstić information content (AvgIpc) is 3.20. The lowest BCUT2D eigenvalue weighted by atomic mass is 9.41. The highest BCUT2D eigenvalue weighted by Crippen LogP contribution is 2.74. The van der Waals surface area contributed by atoms with E-state index in [2.05, 4.69) is 54.5 Å². The zero-order chi connectivity index (χ0) is 26.8. The van der Waals surface area contributed by atoms with E-state index in [1.165, 1.54) is 25.7 Å². The Kier molecular flexibility index (Phi) is 5.67. The van der Waals surface area contributed by atoms with Gasteiger partial charge in [0.05, 0.1) is 5.60 Å². The molecule has 4 aliphatic carbocycles. The number of allylic oxidation sites excluding steroid dienone is 2. The molecular weight excluding hydrogens is 464 g/mol. The summed E-state index contributed by atoms with van der Waals surface area (Å²) in [7, 11) is 3.55. The number of epoxide rings is 1. The zero-order valence-electron chi connectivity index (χ0n) is 24.7. The van der Waals surface area contributed by atoms with Crippen LogP contribution in [0.1, 0.15) is 99.8 Å². The van der Waals surface area contributed by atoms with Crippen LogP contribution in [-0.4, -0.2) is 43.8 Å². The minimum Gasteiger partial charge on any atom is -0.361 e. The molecule has 37 heavy (non-hydrogen) atoms. The Balaban J connectivity index is 1.33. The van der Waals surface area contributed by atoms with E-state index < -0.39 is 5.79 Å². The molecule has 5 nitrogen and oxygen atoms in total. The van der Waals surface area contributed by atoms with Gasteiger partial charge in [-0.15, -0.1) is 0 Å². The molecule has 6 rings (SSSR count). The van der Waals surface area contributed by atoms with Crippen molar-refractivity contribution in [3.8, 4) is 0 Å². The number of Topliss-reactive ketones (excluding diaryl/α,β-unsaturated/α-hetero) is 1. The summed E-state index contributed by atoms with van der Waals surface area (Å²) in [4.78, 5) is 12.9. The monoisotopic (exact) mass is 514 g/mol. The van der Waals surface area contributed by atoms with Gasteiger partial charge in [0.25, 0.3) is 0 Å². The predicted octanol–water partition coefficient (Wildman–Crippen LogP) is 6.69. The van der Waals surface area contributed by atoms with Crippen molar-refractivity contribution in [3.63, 3.8) is 0 Å². The van der Waals surface area contributed by atoms with Crippen LogP contribution in [0.5, 0.6) is 0 Å². The summed E-state index contributed by atoms with van der Waals surface area (Å²) in [5, 5.41) is 0. The molecule has 6 aliphatic rings. The van der Waals surface area contributed by atoms with Gasteiger partial charge in [-0.1, -0.05) is 46.3 Å². The number of ketones is 1. The second-order valence-electron chi connectivity index (χ2n) is 15.3. The van der Waals surface area contributed by atoms with Crippen molar-refractivity contribution in [2.75, 3.05) is 14.2 Å². The van der Waals surface area contributed by atoms with Gasteiger partial charge in [0, 0.05) is 38.4 Å². The number of hydrogen-bond donors (Lipinski definition) is 0. The fraction of sp³-hybridized carbons (Fsp3) is 0.906. The van der Waals surface area contributed by atoms with E-state index in [4.69, 9.17) is 18.9 Å². The normalized spacial score (nSPS) is 53.8. The zero-order valence-corrected chi connectivity index (χ0v) is 24.7. The Morgan fingerprint density at radius 1 is 0.946 bits per heavy atom. The first-order valence-electron chi connectivity index (χ1n) is 14.9. The minimum absolute atomic E-state index is 0.0562. The lowest BCUT2D eigenvalue weighted by Gasteiger charge is -2.63. The van der Waals surface area contributed by atoms with Crippen molar-refractivity contribution < 1.29 is 23.7 Å². The number of rotatable bonds is 4. The maximum absolute atomic E-state index is 12.9. The van der Waals surface area contributed by atoms with Gasteiger partial charge in [-0.25, -0.2) is 0 Å². The van der Waals surface area contributed by atoms with Crippen LogP contribution in [0.3, 0.4) is 0 Å². The molecule has 2 saturated heterocycles. The smallest absolute Gasteiger partial charge is 0.200 e. The highest BCUT2D eigenvalue weighted by Gasteiger charge is 2.71. The summed E-state index contributed by atoms with van der Waals surface area (Å²) >= 11 is 0. The molecule has 5 heteroatoms. The second-order valence-corrected chi connectivity index (χ2v) is 15.3. The van der Waals surface area contributed by atoms with Gasteiger partial charge in [-0.2, -0.15) is 0 Å². The van der Waals surface area contributed by atoms with Crippen molar-refractivity contribution in [1.82, 2.24) is 0 Å². The Hall–Kier alpha value is -0.750. The van der Waals surface area contributed by atoms with E-state index in [0.717, 1.165) is 25.7 Å². The van der Waals surface area contributed by atoms with E-state index in [0.29, 0.717) is 23.5 Å². The highest BCUT2D eigenvalue weighted by molar-refractivity contribution is 5.85. The van der Waals surface area contributed by atoms with Crippen LogP contribution in [0.25, 0.3) is 0 Å². The molecule has 2 aliphatic heterocycles. The van der Waals surface area contributed by atoms with Crippen molar-refractivity contribution in [2.24, 2.45) is 45.3 Å². The molecule has 5 fully saturated rings. The number of hydrogen-bond acceptors (Lipinski definition) is 5. The van der Waals surface area contributed by atoms with Crippen LogP contribution in [0, 0.1) is 45.3 Å². The molecule has 0 aromatic heterocycles. The van der Waals surface area contributed by atoms with Crippen LogP contribution in [0.2, 0.25) is 0 Å². The Morgan fingerprint density at radius 2 is 1.65 bits per heavy atom. The summed E-state index contributed by atoms with van der Waals surface area (Å²) < 4.78 is 24.8. The fourth-order valence-corrected chi connectivity index (χ4v) is 10.8. The predicted molar refractivity (Wildman–Crippen MR) is 143 cm³/mol. The lowest BCUT2D eigenvalue weighted by Crippen LogP contribution is -2.57. The Bertz CT molecular complexity index is 1010. The molecule has 0 unspecified atom stereocenters. The third-order valence-electron chi connectivity index (χ3n) is 13.3. The molecule has 0 bridgehead atoms. The van der Waals surface area contributed by atoms with E-state index in [1.807, 2.05) is 0 Å². The number of ether oxygens (including phenoxy) is 4. The average molecular weight is 515 g/mol. The van der Waals surface area contributed by atoms with Crippen molar-refractivity contribution >= 4 is 5.78 Å². The molecule has 0 aromatic carbocycles. The largest absolute Gasteiger partial charge is 0.361 e. The number of methoxy groups -OCH3 is 2.